The molecule has 14 nitrogen and oxygen atoms in total. The van der Waals surface area contributed by atoms with Gasteiger partial charge >= 0.3 is 15.6 Å². The number of non-ortho nitro benzene ring substituents is 1. The van der Waals surface area contributed by atoms with E-state index in [0.29, 0.717) is 27.8 Å². The molecule has 0 fully saturated rings. The molecule has 192 valence electrons. The number of rotatable bonds is 12. The fraction of sp³-hybridized carbons (Fsp3) is 0.200. The van der Waals surface area contributed by atoms with E-state index >= 15 is 0 Å². The summed E-state index contributed by atoms with van der Waals surface area (Å²) in [5, 5.41) is 20.7. The van der Waals surface area contributed by atoms with Crippen LogP contribution in [0.5, 0.6) is 0 Å². The highest BCUT2D eigenvalue weighted by molar-refractivity contribution is 7.46. The Labute approximate surface area is 204 Å². The van der Waals surface area contributed by atoms with E-state index in [1.165, 1.54) is 12.1 Å². The van der Waals surface area contributed by atoms with Crippen LogP contribution in [0.1, 0.15) is 0 Å². The SMILES string of the molecule is O=[N+]([O-])c1ccc(N=Nc2ccc(N(CCOP(=O)(O)O)CCOP(=O)(O)O)cc2)c2ccccc12. The molecule has 3 aromatic carbocycles. The molecule has 0 spiro atoms. The van der Waals surface area contributed by atoms with Gasteiger partial charge in [-0.2, -0.15) is 5.11 Å². The Morgan fingerprint density at radius 3 is 1.89 bits per heavy atom. The van der Waals surface area contributed by atoms with Gasteiger partial charge in [0.15, 0.2) is 0 Å². The van der Waals surface area contributed by atoms with Gasteiger partial charge in [0, 0.05) is 30.2 Å². The van der Waals surface area contributed by atoms with Crippen LogP contribution in [0, 0.1) is 10.1 Å². The number of benzene rings is 3. The van der Waals surface area contributed by atoms with Gasteiger partial charge < -0.3 is 24.5 Å². The lowest BCUT2D eigenvalue weighted by Crippen LogP contribution is -2.30. The van der Waals surface area contributed by atoms with Gasteiger partial charge in [0.2, 0.25) is 0 Å². The predicted molar refractivity (Wildman–Crippen MR) is 129 cm³/mol. The first-order valence-electron chi connectivity index (χ1n) is 10.3. The lowest BCUT2D eigenvalue weighted by atomic mass is 10.1. The zero-order valence-corrected chi connectivity index (χ0v) is 20.3. The summed E-state index contributed by atoms with van der Waals surface area (Å²) in [6.07, 6.45) is 0. The van der Waals surface area contributed by atoms with Crippen LogP contribution < -0.4 is 4.90 Å². The lowest BCUT2D eigenvalue weighted by Gasteiger charge is -2.25. The number of nitro groups is 1. The standard InChI is InChI=1S/C20H22N4O10P2/c25-24(26)20-10-9-19(17-3-1-2-4-18(17)20)22-21-15-5-7-16(8-6-15)23(11-13-33-35(27,28)29)12-14-34-36(30,31)32/h1-10H,11-14H2,(H2,27,28,29)(H2,30,31,32). The molecule has 0 aromatic heterocycles. The molecule has 3 rings (SSSR count). The topological polar surface area (TPSA) is 205 Å². The van der Waals surface area contributed by atoms with E-state index in [9.17, 15) is 19.2 Å². The van der Waals surface area contributed by atoms with Crippen molar-refractivity contribution >= 4 is 49.2 Å². The minimum absolute atomic E-state index is 0.00865. The number of fused-ring (bicyclic) bond motifs is 1. The molecular formula is C20H22N4O10P2. The minimum atomic E-state index is -4.69. The monoisotopic (exact) mass is 540 g/mol. The number of hydrogen-bond donors (Lipinski definition) is 4. The number of anilines is 1. The van der Waals surface area contributed by atoms with Crippen molar-refractivity contribution in [1.29, 1.82) is 0 Å². The Morgan fingerprint density at radius 2 is 1.36 bits per heavy atom. The number of hydrogen-bond acceptors (Lipinski definition) is 9. The van der Waals surface area contributed by atoms with Crippen molar-refractivity contribution in [1.82, 2.24) is 0 Å². The minimum Gasteiger partial charge on any atom is -0.367 e. The van der Waals surface area contributed by atoms with Crippen LogP contribution in [0.25, 0.3) is 10.8 Å². The summed E-state index contributed by atoms with van der Waals surface area (Å²) in [5.74, 6) is 0. The number of phosphoric ester groups is 2. The van der Waals surface area contributed by atoms with Gasteiger partial charge in [0.05, 0.1) is 34.9 Å². The second-order valence-electron chi connectivity index (χ2n) is 7.26. The normalized spacial score (nSPS) is 12.3. The Kier molecular flexibility index (Phi) is 9.01. The van der Waals surface area contributed by atoms with Crippen molar-refractivity contribution in [3.8, 4) is 0 Å². The molecule has 0 unspecified atom stereocenters. The molecule has 36 heavy (non-hydrogen) atoms. The van der Waals surface area contributed by atoms with Crippen LogP contribution in [-0.4, -0.2) is 50.8 Å². The van der Waals surface area contributed by atoms with E-state index in [-0.39, 0.29) is 32.0 Å². The zero-order chi connectivity index (χ0) is 26.3. The quantitative estimate of drug-likeness (QED) is 0.111. The average Bonchev–Trinajstić information content (AvgIpc) is 2.80. The summed E-state index contributed by atoms with van der Waals surface area (Å²) in [7, 11) is -9.37. The van der Waals surface area contributed by atoms with Crippen LogP contribution in [0.4, 0.5) is 22.7 Å². The second-order valence-corrected chi connectivity index (χ2v) is 9.74. The van der Waals surface area contributed by atoms with Crippen LogP contribution in [-0.2, 0) is 18.2 Å². The summed E-state index contributed by atoms with van der Waals surface area (Å²) in [6, 6.07) is 16.1. The Morgan fingerprint density at radius 1 is 0.806 bits per heavy atom. The van der Waals surface area contributed by atoms with Crippen molar-refractivity contribution < 1.29 is 42.7 Å². The first-order valence-corrected chi connectivity index (χ1v) is 13.3. The molecule has 16 heteroatoms. The molecule has 3 aromatic rings. The molecule has 0 radical (unpaired) electrons. The molecule has 0 aliphatic carbocycles. The molecule has 0 aliphatic rings. The van der Waals surface area contributed by atoms with Crippen LogP contribution >= 0.6 is 15.6 Å². The van der Waals surface area contributed by atoms with E-state index in [0.717, 1.165) is 0 Å². The van der Waals surface area contributed by atoms with Gasteiger partial charge in [0.1, 0.15) is 0 Å². The fourth-order valence-electron chi connectivity index (χ4n) is 3.27. The molecule has 0 aliphatic heterocycles. The first kappa shape index (κ1) is 27.5. The van der Waals surface area contributed by atoms with Crippen LogP contribution in [0.15, 0.2) is 70.9 Å². The molecule has 0 saturated carbocycles. The lowest BCUT2D eigenvalue weighted by molar-refractivity contribution is -0.383. The third-order valence-corrected chi connectivity index (χ3v) is 5.84. The van der Waals surface area contributed by atoms with Crippen molar-refractivity contribution in [3.05, 3.63) is 70.8 Å². The van der Waals surface area contributed by atoms with Crippen LogP contribution in [0.2, 0.25) is 0 Å². The Balaban J connectivity index is 1.77. The van der Waals surface area contributed by atoms with E-state index in [4.69, 9.17) is 19.6 Å². The number of nitrogens with zero attached hydrogens (tertiary/aromatic N) is 4. The van der Waals surface area contributed by atoms with E-state index in [1.807, 2.05) is 0 Å². The van der Waals surface area contributed by atoms with E-state index < -0.39 is 20.6 Å². The third-order valence-electron chi connectivity index (χ3n) is 4.80. The summed E-state index contributed by atoms with van der Waals surface area (Å²) >= 11 is 0. The van der Waals surface area contributed by atoms with Crippen molar-refractivity contribution in [3.63, 3.8) is 0 Å². The number of phosphoric acid groups is 2. The molecule has 0 bridgehead atoms. The Hall–Kier alpha value is -3.06. The summed E-state index contributed by atoms with van der Waals surface area (Å²) in [4.78, 5) is 47.8. The number of nitro benzene ring substituents is 1. The smallest absolute Gasteiger partial charge is 0.367 e. The van der Waals surface area contributed by atoms with Gasteiger partial charge in [-0.25, -0.2) is 9.13 Å². The molecular weight excluding hydrogens is 518 g/mol. The van der Waals surface area contributed by atoms with Gasteiger partial charge in [0.25, 0.3) is 5.69 Å². The van der Waals surface area contributed by atoms with Gasteiger partial charge in [-0.05, 0) is 36.4 Å². The van der Waals surface area contributed by atoms with Crippen molar-refractivity contribution in [2.24, 2.45) is 10.2 Å². The maximum absolute atomic E-state index is 11.3. The summed E-state index contributed by atoms with van der Waals surface area (Å²) in [5.41, 5.74) is 1.38. The number of azo groups is 1. The van der Waals surface area contributed by atoms with Crippen molar-refractivity contribution in [2.75, 3.05) is 31.2 Å². The van der Waals surface area contributed by atoms with Gasteiger partial charge in [-0.3, -0.25) is 19.2 Å². The second kappa shape index (κ2) is 11.8. The van der Waals surface area contributed by atoms with Gasteiger partial charge in [-0.1, -0.05) is 18.2 Å². The summed E-state index contributed by atoms with van der Waals surface area (Å²) in [6.45, 7) is -0.722. The van der Waals surface area contributed by atoms with E-state index in [2.05, 4.69) is 19.3 Å². The molecule has 0 heterocycles. The Bertz CT molecular complexity index is 1310. The van der Waals surface area contributed by atoms with Crippen molar-refractivity contribution in [2.45, 2.75) is 0 Å². The maximum Gasteiger partial charge on any atom is 0.469 e. The fourth-order valence-corrected chi connectivity index (χ4v) is 3.90. The predicted octanol–water partition coefficient (Wildman–Crippen LogP) is 4.19. The van der Waals surface area contributed by atoms with E-state index in [1.54, 1.807) is 53.4 Å². The maximum atomic E-state index is 11.3. The first-order chi connectivity index (χ1) is 16.9. The molecule has 0 saturated heterocycles. The highest BCUT2D eigenvalue weighted by Crippen LogP contribution is 2.37. The highest BCUT2D eigenvalue weighted by Gasteiger charge is 2.18. The average molecular weight is 540 g/mol. The molecule has 0 atom stereocenters. The molecule has 4 N–H and O–H groups in total. The largest absolute Gasteiger partial charge is 0.469 e. The van der Waals surface area contributed by atoms with Gasteiger partial charge in [-0.15, -0.1) is 5.11 Å². The zero-order valence-electron chi connectivity index (χ0n) is 18.5. The van der Waals surface area contributed by atoms with Crippen LogP contribution in [0.3, 0.4) is 0 Å². The molecule has 0 amide bonds. The summed E-state index contributed by atoms with van der Waals surface area (Å²) < 4.78 is 30.8. The highest BCUT2D eigenvalue weighted by atomic mass is 31.2. The third kappa shape index (κ3) is 8.26.